The van der Waals surface area contributed by atoms with Crippen LogP contribution in [0.4, 0.5) is 17.6 Å². The zero-order chi connectivity index (χ0) is 23.5. The molecule has 0 saturated carbocycles. The third kappa shape index (κ3) is 5.52. The van der Waals surface area contributed by atoms with Gasteiger partial charge in [-0.2, -0.15) is 18.3 Å². The Balaban J connectivity index is 0.000000360. The standard InChI is InChI=1S/C17H19FN4O3.C2HF3O2/c1-21-7-4-14(20-21)16(23)22-8-5-17(11-22)9-12(10-24-17)25-15-13(18)3-2-6-19-15;3-2(4,5)1(6)7/h2-4,6-7,12H,5,8-11H2,1H3;(H,6,7)/t12-,17+;/m1./s1. The van der Waals surface area contributed by atoms with E-state index in [9.17, 15) is 22.4 Å². The van der Waals surface area contributed by atoms with Crippen molar-refractivity contribution in [3.8, 4) is 5.88 Å². The highest BCUT2D eigenvalue weighted by Crippen LogP contribution is 2.37. The van der Waals surface area contributed by atoms with Gasteiger partial charge in [0.25, 0.3) is 11.8 Å². The van der Waals surface area contributed by atoms with Crippen molar-refractivity contribution >= 4 is 11.9 Å². The summed E-state index contributed by atoms with van der Waals surface area (Å²) < 4.78 is 58.6. The minimum Gasteiger partial charge on any atom is -0.475 e. The lowest BCUT2D eigenvalue weighted by Gasteiger charge is -2.22. The van der Waals surface area contributed by atoms with Crippen molar-refractivity contribution < 1.29 is 41.7 Å². The van der Waals surface area contributed by atoms with Gasteiger partial charge in [-0.3, -0.25) is 9.48 Å². The van der Waals surface area contributed by atoms with Gasteiger partial charge in [0, 0.05) is 32.4 Å². The number of carbonyl (C=O) groups excluding carboxylic acids is 1. The number of pyridine rings is 1. The van der Waals surface area contributed by atoms with Gasteiger partial charge in [-0.05, 0) is 24.6 Å². The first-order chi connectivity index (χ1) is 15.0. The molecule has 13 heteroatoms. The van der Waals surface area contributed by atoms with Gasteiger partial charge in [-0.1, -0.05) is 0 Å². The number of carboxylic acid groups (broad SMARTS) is 1. The molecule has 1 amide bonds. The Morgan fingerprint density at radius 1 is 1.34 bits per heavy atom. The number of rotatable bonds is 3. The molecule has 0 unspecified atom stereocenters. The Labute approximate surface area is 179 Å². The Hall–Kier alpha value is -3.22. The summed E-state index contributed by atoms with van der Waals surface area (Å²) in [5.41, 5.74) is 0.00120. The van der Waals surface area contributed by atoms with Crippen molar-refractivity contribution in [2.45, 2.75) is 30.7 Å². The summed E-state index contributed by atoms with van der Waals surface area (Å²) >= 11 is 0. The molecule has 2 aromatic heterocycles. The van der Waals surface area contributed by atoms with Crippen LogP contribution in [0.1, 0.15) is 23.3 Å². The van der Waals surface area contributed by atoms with Crippen LogP contribution in [0.2, 0.25) is 0 Å². The molecule has 2 saturated heterocycles. The summed E-state index contributed by atoms with van der Waals surface area (Å²) in [5.74, 6) is -3.34. The minimum absolute atomic E-state index is 0.00688. The molecule has 2 aliphatic rings. The lowest BCUT2D eigenvalue weighted by Crippen LogP contribution is -2.36. The number of halogens is 4. The summed E-state index contributed by atoms with van der Waals surface area (Å²) in [6.07, 6.45) is -0.775. The number of ether oxygens (including phenoxy) is 2. The third-order valence-corrected chi connectivity index (χ3v) is 4.96. The van der Waals surface area contributed by atoms with Gasteiger partial charge in [0.2, 0.25) is 0 Å². The van der Waals surface area contributed by atoms with Crippen LogP contribution in [-0.4, -0.2) is 74.2 Å². The van der Waals surface area contributed by atoms with Crippen LogP contribution in [0.5, 0.6) is 5.88 Å². The third-order valence-electron chi connectivity index (χ3n) is 4.96. The zero-order valence-corrected chi connectivity index (χ0v) is 16.9. The number of aryl methyl sites for hydroxylation is 1. The molecule has 0 aliphatic carbocycles. The lowest BCUT2D eigenvalue weighted by molar-refractivity contribution is -0.192. The van der Waals surface area contributed by atoms with Crippen molar-refractivity contribution in [2.75, 3.05) is 19.7 Å². The van der Waals surface area contributed by atoms with Crippen molar-refractivity contribution in [1.82, 2.24) is 19.7 Å². The highest BCUT2D eigenvalue weighted by molar-refractivity contribution is 5.92. The quantitative estimate of drug-likeness (QED) is 0.699. The molecule has 2 aromatic rings. The molecule has 1 spiro atoms. The number of alkyl halides is 3. The molecule has 174 valence electrons. The van der Waals surface area contributed by atoms with E-state index in [0.717, 1.165) is 6.42 Å². The Morgan fingerprint density at radius 3 is 2.66 bits per heavy atom. The smallest absolute Gasteiger partial charge is 0.475 e. The highest BCUT2D eigenvalue weighted by Gasteiger charge is 2.48. The normalized spacial score (nSPS) is 22.5. The van der Waals surface area contributed by atoms with Crippen LogP contribution in [0.25, 0.3) is 0 Å². The summed E-state index contributed by atoms with van der Waals surface area (Å²) in [6, 6.07) is 4.54. The lowest BCUT2D eigenvalue weighted by atomic mass is 9.98. The van der Waals surface area contributed by atoms with E-state index in [0.29, 0.717) is 31.8 Å². The van der Waals surface area contributed by atoms with Gasteiger partial charge in [-0.25, -0.2) is 14.2 Å². The molecule has 2 fully saturated rings. The maximum absolute atomic E-state index is 13.7. The van der Waals surface area contributed by atoms with Crippen LogP contribution in [0, 0.1) is 5.82 Å². The monoisotopic (exact) mass is 460 g/mol. The number of carboxylic acids is 1. The predicted molar refractivity (Wildman–Crippen MR) is 99.3 cm³/mol. The maximum Gasteiger partial charge on any atom is 0.490 e. The van der Waals surface area contributed by atoms with Gasteiger partial charge in [0.05, 0.1) is 18.8 Å². The van der Waals surface area contributed by atoms with Gasteiger partial charge < -0.3 is 19.5 Å². The van der Waals surface area contributed by atoms with Crippen molar-refractivity contribution in [1.29, 1.82) is 0 Å². The van der Waals surface area contributed by atoms with Crippen LogP contribution in [0.3, 0.4) is 0 Å². The molecule has 0 bridgehead atoms. The largest absolute Gasteiger partial charge is 0.490 e. The van der Waals surface area contributed by atoms with Gasteiger partial charge in [0.15, 0.2) is 5.82 Å². The molecule has 0 aromatic carbocycles. The number of carbonyl (C=O) groups is 2. The van der Waals surface area contributed by atoms with E-state index in [1.54, 1.807) is 28.9 Å². The van der Waals surface area contributed by atoms with Crippen molar-refractivity contribution in [3.05, 3.63) is 42.1 Å². The number of aliphatic carboxylic acids is 1. The van der Waals surface area contributed by atoms with Gasteiger partial charge in [0.1, 0.15) is 11.8 Å². The first kappa shape index (κ1) is 23.4. The fourth-order valence-corrected chi connectivity index (χ4v) is 3.49. The second kappa shape index (κ2) is 9.10. The SMILES string of the molecule is Cn1ccc(C(=O)N2CC[C@]3(C[C@@H](Oc4ncccc4F)CO3)C2)n1.O=C(O)C(F)(F)F. The molecule has 4 heterocycles. The number of aromatic nitrogens is 3. The number of nitrogens with zero attached hydrogens (tertiary/aromatic N) is 4. The Morgan fingerprint density at radius 2 is 2.06 bits per heavy atom. The highest BCUT2D eigenvalue weighted by atomic mass is 19.4. The summed E-state index contributed by atoms with van der Waals surface area (Å²) in [4.78, 5) is 27.1. The Kier molecular flexibility index (Phi) is 6.67. The molecular weight excluding hydrogens is 440 g/mol. The maximum atomic E-state index is 13.7. The fraction of sp³-hybridized carbons (Fsp3) is 0.474. The molecule has 0 radical (unpaired) electrons. The zero-order valence-electron chi connectivity index (χ0n) is 16.9. The molecule has 2 aliphatic heterocycles. The van der Waals surface area contributed by atoms with Crippen molar-refractivity contribution in [3.63, 3.8) is 0 Å². The number of hydrogen-bond acceptors (Lipinski definition) is 6. The van der Waals surface area contributed by atoms with E-state index in [1.165, 1.54) is 18.3 Å². The second-order valence-electron chi connectivity index (χ2n) is 7.38. The topological polar surface area (TPSA) is 107 Å². The Bertz CT molecular complexity index is 983. The predicted octanol–water partition coefficient (Wildman–Crippen LogP) is 2.04. The second-order valence-corrected chi connectivity index (χ2v) is 7.38. The van der Waals surface area contributed by atoms with E-state index in [4.69, 9.17) is 19.4 Å². The molecule has 9 nitrogen and oxygen atoms in total. The molecular formula is C19H20F4N4O5. The average Bonchev–Trinajstić information content (AvgIpc) is 3.44. The molecule has 1 N–H and O–H groups in total. The van der Waals surface area contributed by atoms with E-state index in [2.05, 4.69) is 10.1 Å². The average molecular weight is 460 g/mol. The molecule has 2 atom stereocenters. The van der Waals surface area contributed by atoms with E-state index in [-0.39, 0.29) is 17.9 Å². The minimum atomic E-state index is -5.08. The summed E-state index contributed by atoms with van der Waals surface area (Å²) in [7, 11) is 1.78. The first-order valence-corrected chi connectivity index (χ1v) is 9.49. The van der Waals surface area contributed by atoms with E-state index >= 15 is 0 Å². The number of hydrogen-bond donors (Lipinski definition) is 1. The number of amides is 1. The summed E-state index contributed by atoms with van der Waals surface area (Å²) in [5, 5.41) is 11.3. The van der Waals surface area contributed by atoms with Gasteiger partial charge in [-0.15, -0.1) is 0 Å². The van der Waals surface area contributed by atoms with Gasteiger partial charge >= 0.3 is 12.1 Å². The fourth-order valence-electron chi connectivity index (χ4n) is 3.49. The van der Waals surface area contributed by atoms with Crippen LogP contribution in [-0.2, 0) is 16.6 Å². The van der Waals surface area contributed by atoms with Crippen LogP contribution in [0.15, 0.2) is 30.6 Å². The molecule has 4 rings (SSSR count). The van der Waals surface area contributed by atoms with E-state index in [1.807, 2.05) is 0 Å². The van der Waals surface area contributed by atoms with Crippen molar-refractivity contribution in [2.24, 2.45) is 7.05 Å². The number of likely N-dealkylation sites (tertiary alicyclic amines) is 1. The van der Waals surface area contributed by atoms with E-state index < -0.39 is 23.6 Å². The summed E-state index contributed by atoms with van der Waals surface area (Å²) in [6.45, 7) is 1.47. The first-order valence-electron chi connectivity index (χ1n) is 9.49. The molecule has 32 heavy (non-hydrogen) atoms. The van der Waals surface area contributed by atoms with Crippen LogP contribution >= 0.6 is 0 Å². The van der Waals surface area contributed by atoms with Crippen LogP contribution < -0.4 is 4.74 Å².